The van der Waals surface area contributed by atoms with Gasteiger partial charge in [0.25, 0.3) is 5.91 Å². The summed E-state index contributed by atoms with van der Waals surface area (Å²) in [6, 6.07) is 11.7. The van der Waals surface area contributed by atoms with Gasteiger partial charge in [0.15, 0.2) is 5.60 Å². The Bertz CT molecular complexity index is 933. The van der Waals surface area contributed by atoms with Crippen molar-refractivity contribution in [1.82, 2.24) is 4.90 Å². The number of nitrogens with zero attached hydrogens (tertiary/aromatic N) is 1. The fourth-order valence-electron chi connectivity index (χ4n) is 4.39. The van der Waals surface area contributed by atoms with Crippen molar-refractivity contribution in [3.05, 3.63) is 60.2 Å². The van der Waals surface area contributed by atoms with Crippen LogP contribution in [0.5, 0.6) is 11.5 Å². The van der Waals surface area contributed by atoms with Crippen molar-refractivity contribution >= 4 is 5.91 Å². The highest BCUT2D eigenvalue weighted by molar-refractivity contribution is 5.85. The number of piperidine rings is 1. The summed E-state index contributed by atoms with van der Waals surface area (Å²) in [6.45, 7) is 4.89. The quantitative estimate of drug-likeness (QED) is 0.706. The van der Waals surface area contributed by atoms with Crippen LogP contribution in [0.1, 0.15) is 33.1 Å². The van der Waals surface area contributed by atoms with Crippen molar-refractivity contribution in [2.24, 2.45) is 0 Å². The third-order valence-corrected chi connectivity index (χ3v) is 5.80. The van der Waals surface area contributed by atoms with Crippen molar-refractivity contribution in [2.45, 2.75) is 50.4 Å². The SMILES string of the molecule is CC(C)(Oc1ccc(F)cc1)C(=O)N1CCC[C@@]2(C[C@@H](Oc3cccc(F)c3)CO2)C1. The summed E-state index contributed by atoms with van der Waals surface area (Å²) >= 11 is 0. The molecule has 4 rings (SSSR count). The molecule has 2 saturated heterocycles. The first-order chi connectivity index (χ1) is 14.7. The molecule has 0 unspecified atom stereocenters. The van der Waals surface area contributed by atoms with E-state index in [2.05, 4.69) is 0 Å². The topological polar surface area (TPSA) is 48.0 Å². The lowest BCUT2D eigenvalue weighted by Crippen LogP contribution is -2.56. The van der Waals surface area contributed by atoms with E-state index in [1.54, 1.807) is 30.9 Å². The summed E-state index contributed by atoms with van der Waals surface area (Å²) in [5.74, 6) is 0.0659. The van der Waals surface area contributed by atoms with Crippen LogP contribution in [0.3, 0.4) is 0 Å². The lowest BCUT2D eigenvalue weighted by atomic mass is 9.88. The predicted molar refractivity (Wildman–Crippen MR) is 111 cm³/mol. The number of hydrogen-bond donors (Lipinski definition) is 0. The summed E-state index contributed by atoms with van der Waals surface area (Å²) in [7, 11) is 0. The minimum Gasteiger partial charge on any atom is -0.488 e. The molecule has 2 aliphatic heterocycles. The van der Waals surface area contributed by atoms with Crippen molar-refractivity contribution in [3.63, 3.8) is 0 Å². The van der Waals surface area contributed by atoms with E-state index in [0.29, 0.717) is 37.6 Å². The van der Waals surface area contributed by atoms with Crippen LogP contribution in [0, 0.1) is 11.6 Å². The highest BCUT2D eigenvalue weighted by Crippen LogP contribution is 2.37. The maximum absolute atomic E-state index is 13.4. The number of rotatable bonds is 5. The molecule has 2 heterocycles. The zero-order valence-electron chi connectivity index (χ0n) is 17.8. The van der Waals surface area contributed by atoms with Gasteiger partial charge in [0.05, 0.1) is 12.2 Å². The standard InChI is InChI=1S/C24H27F2NO4/c1-23(2,31-19-9-7-17(25)8-10-19)22(28)27-12-4-11-24(16-27)14-21(15-29-24)30-20-6-3-5-18(26)13-20/h3,5-10,13,21H,4,11-12,14-16H2,1-2H3/t21-,24-/m1/s1. The lowest BCUT2D eigenvalue weighted by molar-refractivity contribution is -0.153. The van der Waals surface area contributed by atoms with Crippen LogP contribution >= 0.6 is 0 Å². The van der Waals surface area contributed by atoms with Crippen LogP contribution in [0.15, 0.2) is 48.5 Å². The molecule has 5 nitrogen and oxygen atoms in total. The van der Waals surface area contributed by atoms with Gasteiger partial charge in [-0.15, -0.1) is 0 Å². The molecular formula is C24H27F2NO4. The molecule has 7 heteroatoms. The van der Waals surface area contributed by atoms with Crippen LogP contribution in [-0.4, -0.2) is 47.8 Å². The lowest BCUT2D eigenvalue weighted by Gasteiger charge is -2.42. The Balaban J connectivity index is 1.39. The van der Waals surface area contributed by atoms with E-state index < -0.39 is 11.2 Å². The zero-order chi connectivity index (χ0) is 22.1. The third-order valence-electron chi connectivity index (χ3n) is 5.80. The Morgan fingerprint density at radius 2 is 1.90 bits per heavy atom. The van der Waals surface area contributed by atoms with Crippen LogP contribution in [0.25, 0.3) is 0 Å². The molecule has 2 aromatic carbocycles. The molecule has 31 heavy (non-hydrogen) atoms. The Morgan fingerprint density at radius 1 is 1.13 bits per heavy atom. The van der Waals surface area contributed by atoms with Crippen molar-refractivity contribution in [2.75, 3.05) is 19.7 Å². The van der Waals surface area contributed by atoms with Crippen LogP contribution < -0.4 is 9.47 Å². The second-order valence-corrected chi connectivity index (χ2v) is 8.79. The number of halogens is 2. The van der Waals surface area contributed by atoms with E-state index in [0.717, 1.165) is 12.8 Å². The number of ether oxygens (including phenoxy) is 3. The Hall–Kier alpha value is -2.67. The summed E-state index contributed by atoms with van der Waals surface area (Å²) in [5, 5.41) is 0. The average molecular weight is 431 g/mol. The van der Waals surface area contributed by atoms with E-state index in [-0.39, 0.29) is 23.6 Å². The van der Waals surface area contributed by atoms with Gasteiger partial charge in [0, 0.05) is 25.6 Å². The number of likely N-dealkylation sites (tertiary alicyclic amines) is 1. The van der Waals surface area contributed by atoms with E-state index in [9.17, 15) is 13.6 Å². The van der Waals surface area contributed by atoms with Gasteiger partial charge in [-0.1, -0.05) is 6.07 Å². The Labute approximate surface area is 180 Å². The van der Waals surface area contributed by atoms with Gasteiger partial charge >= 0.3 is 0 Å². The van der Waals surface area contributed by atoms with Crippen molar-refractivity contribution < 1.29 is 27.8 Å². The normalized spacial score (nSPS) is 23.7. The minimum absolute atomic E-state index is 0.144. The van der Waals surface area contributed by atoms with Crippen LogP contribution in [0.2, 0.25) is 0 Å². The van der Waals surface area contributed by atoms with Crippen LogP contribution in [-0.2, 0) is 9.53 Å². The molecule has 0 N–H and O–H groups in total. The van der Waals surface area contributed by atoms with Gasteiger partial charge in [-0.3, -0.25) is 4.79 Å². The molecular weight excluding hydrogens is 404 g/mol. The maximum Gasteiger partial charge on any atom is 0.266 e. The fourth-order valence-corrected chi connectivity index (χ4v) is 4.39. The number of hydrogen-bond acceptors (Lipinski definition) is 4. The largest absolute Gasteiger partial charge is 0.488 e. The number of carbonyl (C=O) groups is 1. The molecule has 2 fully saturated rings. The summed E-state index contributed by atoms with van der Waals surface area (Å²) in [4.78, 5) is 15.0. The second-order valence-electron chi connectivity index (χ2n) is 8.79. The highest BCUT2D eigenvalue weighted by Gasteiger charge is 2.47. The number of benzene rings is 2. The monoisotopic (exact) mass is 431 g/mol. The molecule has 0 bridgehead atoms. The van der Waals surface area contributed by atoms with Crippen molar-refractivity contribution in [3.8, 4) is 11.5 Å². The maximum atomic E-state index is 13.4. The molecule has 2 atom stereocenters. The highest BCUT2D eigenvalue weighted by atomic mass is 19.1. The number of carbonyl (C=O) groups excluding carboxylic acids is 1. The van der Waals surface area contributed by atoms with Crippen LogP contribution in [0.4, 0.5) is 8.78 Å². The summed E-state index contributed by atoms with van der Waals surface area (Å²) in [6.07, 6.45) is 2.08. The Kier molecular flexibility index (Phi) is 5.88. The van der Waals surface area contributed by atoms with E-state index in [4.69, 9.17) is 14.2 Å². The average Bonchev–Trinajstić information content (AvgIpc) is 3.10. The molecule has 2 aromatic rings. The van der Waals surface area contributed by atoms with Gasteiger partial charge in [-0.2, -0.15) is 0 Å². The summed E-state index contributed by atoms with van der Waals surface area (Å²) < 4.78 is 44.5. The molecule has 0 aliphatic carbocycles. The minimum atomic E-state index is -1.10. The number of amides is 1. The molecule has 0 saturated carbocycles. The van der Waals surface area contributed by atoms with Gasteiger partial charge in [0.1, 0.15) is 29.2 Å². The molecule has 0 aromatic heterocycles. The molecule has 166 valence electrons. The summed E-state index contributed by atoms with van der Waals surface area (Å²) in [5.41, 5.74) is -1.58. The molecule has 0 radical (unpaired) electrons. The second kappa shape index (κ2) is 8.46. The molecule has 1 amide bonds. The smallest absolute Gasteiger partial charge is 0.266 e. The van der Waals surface area contributed by atoms with E-state index >= 15 is 0 Å². The van der Waals surface area contributed by atoms with Gasteiger partial charge in [-0.25, -0.2) is 8.78 Å². The van der Waals surface area contributed by atoms with E-state index in [1.807, 2.05) is 0 Å². The van der Waals surface area contributed by atoms with Crippen molar-refractivity contribution in [1.29, 1.82) is 0 Å². The molecule has 1 spiro atoms. The third kappa shape index (κ3) is 4.98. The van der Waals surface area contributed by atoms with Gasteiger partial charge in [-0.05, 0) is 63.1 Å². The first-order valence-electron chi connectivity index (χ1n) is 10.5. The predicted octanol–water partition coefficient (Wildman–Crippen LogP) is 4.35. The van der Waals surface area contributed by atoms with E-state index in [1.165, 1.54) is 36.4 Å². The van der Waals surface area contributed by atoms with Gasteiger partial charge in [0.2, 0.25) is 0 Å². The Morgan fingerprint density at radius 3 is 2.65 bits per heavy atom. The first kappa shape index (κ1) is 21.6. The first-order valence-corrected chi connectivity index (χ1v) is 10.5. The molecule has 2 aliphatic rings. The zero-order valence-corrected chi connectivity index (χ0v) is 17.8. The fraction of sp³-hybridized carbons (Fsp3) is 0.458. The van der Waals surface area contributed by atoms with Gasteiger partial charge < -0.3 is 19.1 Å².